The number of fused-ring (bicyclic) bond motifs is 1. The van der Waals surface area contributed by atoms with Gasteiger partial charge in [-0.15, -0.1) is 0 Å². The Balaban J connectivity index is 1.65. The maximum atomic E-state index is 13.0. The van der Waals surface area contributed by atoms with Crippen molar-refractivity contribution in [3.63, 3.8) is 0 Å². The second-order valence-electron chi connectivity index (χ2n) is 7.52. The van der Waals surface area contributed by atoms with E-state index in [9.17, 15) is 14.7 Å². The van der Waals surface area contributed by atoms with Crippen LogP contribution in [0.4, 0.5) is 5.69 Å². The summed E-state index contributed by atoms with van der Waals surface area (Å²) in [6.07, 6.45) is 8.27. The number of para-hydroxylation sites is 2. The van der Waals surface area contributed by atoms with Crippen LogP contribution in [0.1, 0.15) is 52.8 Å². The number of benzene rings is 2. The average Bonchev–Trinajstić information content (AvgIpc) is 3.08. The summed E-state index contributed by atoms with van der Waals surface area (Å²) in [4.78, 5) is 24.4. The van der Waals surface area contributed by atoms with Gasteiger partial charge in [-0.25, -0.2) is 4.79 Å². The minimum atomic E-state index is -1.06. The van der Waals surface area contributed by atoms with Crippen molar-refractivity contribution in [2.45, 2.75) is 38.6 Å². The number of aromatic carboxylic acids is 1. The highest BCUT2D eigenvalue weighted by Crippen LogP contribution is 2.29. The van der Waals surface area contributed by atoms with Crippen LogP contribution in [0.3, 0.4) is 0 Å². The number of aromatic nitrogens is 1. The number of carbonyl (C=O) groups excluding carboxylic acids is 1. The molecule has 28 heavy (non-hydrogen) atoms. The van der Waals surface area contributed by atoms with Gasteiger partial charge in [0.2, 0.25) is 0 Å². The molecule has 1 heterocycles. The summed E-state index contributed by atoms with van der Waals surface area (Å²) in [6, 6.07) is 14.4. The fourth-order valence-corrected chi connectivity index (χ4v) is 4.19. The monoisotopic (exact) mass is 376 g/mol. The molecule has 2 aromatic carbocycles. The molecule has 1 aromatic heterocycles. The molecular formula is C23H24N2O3. The molecule has 5 nitrogen and oxygen atoms in total. The molecule has 3 aromatic rings. The van der Waals surface area contributed by atoms with Gasteiger partial charge in [0.1, 0.15) is 0 Å². The first kappa shape index (κ1) is 18.3. The van der Waals surface area contributed by atoms with Gasteiger partial charge in [0, 0.05) is 23.6 Å². The van der Waals surface area contributed by atoms with Crippen LogP contribution in [-0.4, -0.2) is 21.6 Å². The lowest BCUT2D eigenvalue weighted by Gasteiger charge is -2.22. The second kappa shape index (κ2) is 7.89. The Bertz CT molecular complexity index is 1020. The molecule has 2 N–H and O–H groups in total. The van der Waals surface area contributed by atoms with Crippen LogP contribution < -0.4 is 5.32 Å². The molecule has 1 aliphatic carbocycles. The third-order valence-electron chi connectivity index (χ3n) is 5.62. The quantitative estimate of drug-likeness (QED) is 0.645. The van der Waals surface area contributed by atoms with Crippen LogP contribution in [0.5, 0.6) is 0 Å². The summed E-state index contributed by atoms with van der Waals surface area (Å²) >= 11 is 0. The summed E-state index contributed by atoms with van der Waals surface area (Å²) in [6.45, 7) is 0.916. The summed E-state index contributed by atoms with van der Waals surface area (Å²) in [5, 5.41) is 13.0. The van der Waals surface area contributed by atoms with Gasteiger partial charge in [0.15, 0.2) is 0 Å². The number of carboxylic acids is 1. The number of rotatable bonds is 5. The molecule has 0 saturated heterocycles. The first-order chi connectivity index (χ1) is 13.6. The Hall–Kier alpha value is -3.08. The highest BCUT2D eigenvalue weighted by molar-refractivity contribution is 6.14. The molecule has 0 bridgehead atoms. The number of carbonyl (C=O) groups is 2. The molecule has 1 fully saturated rings. The third-order valence-corrected chi connectivity index (χ3v) is 5.62. The highest BCUT2D eigenvalue weighted by Gasteiger charge is 2.20. The number of hydrogen-bond acceptors (Lipinski definition) is 2. The minimum Gasteiger partial charge on any atom is -0.478 e. The van der Waals surface area contributed by atoms with E-state index in [0.29, 0.717) is 17.2 Å². The van der Waals surface area contributed by atoms with Gasteiger partial charge in [-0.3, -0.25) is 4.79 Å². The minimum absolute atomic E-state index is 0.0850. The Kier molecular flexibility index (Phi) is 5.15. The van der Waals surface area contributed by atoms with Crippen molar-refractivity contribution in [1.82, 2.24) is 4.57 Å². The van der Waals surface area contributed by atoms with Crippen LogP contribution in [0.2, 0.25) is 0 Å². The normalized spacial score (nSPS) is 14.9. The lowest BCUT2D eigenvalue weighted by atomic mass is 9.89. The smallest absolute Gasteiger partial charge is 0.337 e. The van der Waals surface area contributed by atoms with Crippen LogP contribution in [-0.2, 0) is 6.54 Å². The van der Waals surface area contributed by atoms with Crippen molar-refractivity contribution in [2.75, 3.05) is 5.32 Å². The van der Waals surface area contributed by atoms with E-state index in [2.05, 4.69) is 9.88 Å². The summed E-state index contributed by atoms with van der Waals surface area (Å²) in [5.74, 6) is -0.698. The number of nitrogens with zero attached hydrogens (tertiary/aromatic N) is 1. The Labute approximate surface area is 164 Å². The zero-order valence-corrected chi connectivity index (χ0v) is 15.7. The molecule has 0 aliphatic heterocycles. The fraction of sp³-hybridized carbons (Fsp3) is 0.304. The fourth-order valence-electron chi connectivity index (χ4n) is 4.19. The van der Waals surface area contributed by atoms with Gasteiger partial charge in [-0.2, -0.15) is 0 Å². The zero-order valence-electron chi connectivity index (χ0n) is 15.7. The Morgan fingerprint density at radius 3 is 2.46 bits per heavy atom. The molecule has 0 radical (unpaired) electrons. The van der Waals surface area contributed by atoms with E-state index in [1.54, 1.807) is 18.2 Å². The molecule has 1 aliphatic rings. The van der Waals surface area contributed by atoms with Crippen LogP contribution in [0, 0.1) is 5.92 Å². The standard InChI is InChI=1S/C23H24N2O3/c26-22(24-20-12-6-4-11-18(20)23(27)28)19-15-25(14-16-8-2-1-3-9-16)21-13-7-5-10-17(19)21/h4-7,10-13,15-16H,1-3,8-9,14H2,(H,24,26)(H,27,28). The van der Waals surface area contributed by atoms with Gasteiger partial charge < -0.3 is 15.0 Å². The summed E-state index contributed by atoms with van der Waals surface area (Å²) < 4.78 is 2.18. The number of hydrogen-bond donors (Lipinski definition) is 2. The molecule has 0 atom stereocenters. The topological polar surface area (TPSA) is 71.3 Å². The molecule has 0 unspecified atom stereocenters. The maximum absolute atomic E-state index is 13.0. The lowest BCUT2D eigenvalue weighted by molar-refractivity contribution is 0.0698. The Morgan fingerprint density at radius 2 is 1.68 bits per heavy atom. The van der Waals surface area contributed by atoms with Crippen LogP contribution in [0.15, 0.2) is 54.7 Å². The third kappa shape index (κ3) is 3.65. The molecule has 144 valence electrons. The molecule has 1 amide bonds. The lowest BCUT2D eigenvalue weighted by Crippen LogP contribution is -2.15. The van der Waals surface area contributed by atoms with E-state index in [4.69, 9.17) is 0 Å². The molecule has 5 heteroatoms. The van der Waals surface area contributed by atoms with E-state index in [1.807, 2.05) is 30.5 Å². The average molecular weight is 376 g/mol. The number of nitrogens with one attached hydrogen (secondary N) is 1. The number of carboxylic acid groups (broad SMARTS) is 1. The predicted molar refractivity (Wildman–Crippen MR) is 110 cm³/mol. The van der Waals surface area contributed by atoms with Crippen molar-refractivity contribution in [2.24, 2.45) is 5.92 Å². The van der Waals surface area contributed by atoms with E-state index in [-0.39, 0.29) is 11.5 Å². The van der Waals surface area contributed by atoms with Gasteiger partial charge in [-0.1, -0.05) is 49.6 Å². The van der Waals surface area contributed by atoms with E-state index in [1.165, 1.54) is 38.2 Å². The van der Waals surface area contributed by atoms with Crippen molar-refractivity contribution < 1.29 is 14.7 Å². The first-order valence-electron chi connectivity index (χ1n) is 9.85. The largest absolute Gasteiger partial charge is 0.478 e. The van der Waals surface area contributed by atoms with Gasteiger partial charge >= 0.3 is 5.97 Å². The Morgan fingerprint density at radius 1 is 0.964 bits per heavy atom. The SMILES string of the molecule is O=C(O)c1ccccc1NC(=O)c1cn(CC2CCCCC2)c2ccccc12. The zero-order chi connectivity index (χ0) is 19.5. The van der Waals surface area contributed by atoms with Gasteiger partial charge in [0.05, 0.1) is 16.8 Å². The molecule has 0 spiro atoms. The predicted octanol–water partition coefficient (Wildman–Crippen LogP) is 5.17. The highest BCUT2D eigenvalue weighted by atomic mass is 16.4. The first-order valence-corrected chi connectivity index (χ1v) is 9.85. The maximum Gasteiger partial charge on any atom is 0.337 e. The van der Waals surface area contributed by atoms with Gasteiger partial charge in [-0.05, 0) is 37.0 Å². The van der Waals surface area contributed by atoms with Gasteiger partial charge in [0.25, 0.3) is 5.91 Å². The van der Waals surface area contributed by atoms with Crippen LogP contribution >= 0.6 is 0 Å². The van der Waals surface area contributed by atoms with E-state index in [0.717, 1.165) is 17.4 Å². The number of amides is 1. The van der Waals surface area contributed by atoms with E-state index < -0.39 is 5.97 Å². The van der Waals surface area contributed by atoms with E-state index >= 15 is 0 Å². The number of anilines is 1. The van der Waals surface area contributed by atoms with Crippen LogP contribution in [0.25, 0.3) is 10.9 Å². The molecule has 1 saturated carbocycles. The molecule has 4 rings (SSSR count). The molecular weight excluding hydrogens is 352 g/mol. The second-order valence-corrected chi connectivity index (χ2v) is 7.52. The summed E-state index contributed by atoms with van der Waals surface area (Å²) in [7, 11) is 0. The van der Waals surface area contributed by atoms with Crippen molar-refractivity contribution in [1.29, 1.82) is 0 Å². The van der Waals surface area contributed by atoms with Crippen molar-refractivity contribution in [3.05, 3.63) is 65.9 Å². The van der Waals surface area contributed by atoms with Crippen molar-refractivity contribution >= 4 is 28.5 Å². The van der Waals surface area contributed by atoms with Crippen molar-refractivity contribution in [3.8, 4) is 0 Å². The summed E-state index contributed by atoms with van der Waals surface area (Å²) in [5.41, 5.74) is 2.02.